The molecule has 8 heteroatoms. The van der Waals surface area contributed by atoms with E-state index >= 15 is 0 Å². The molecule has 25 heavy (non-hydrogen) atoms. The molecular weight excluding hydrogens is 344 g/mol. The van der Waals surface area contributed by atoms with Crippen LogP contribution in [0, 0.1) is 13.8 Å². The molecule has 0 fully saturated rings. The molecule has 7 nitrogen and oxygen atoms in total. The zero-order valence-corrected chi connectivity index (χ0v) is 14.6. The van der Waals surface area contributed by atoms with Gasteiger partial charge < -0.3 is 10.1 Å². The summed E-state index contributed by atoms with van der Waals surface area (Å²) < 4.78 is 31.0. The summed E-state index contributed by atoms with van der Waals surface area (Å²) in [5.74, 6) is -0.368. The highest BCUT2D eigenvalue weighted by atomic mass is 32.2. The van der Waals surface area contributed by atoms with Crippen molar-refractivity contribution in [3.8, 4) is 5.75 Å². The predicted molar refractivity (Wildman–Crippen MR) is 91.7 cm³/mol. The Balaban J connectivity index is 1.87. The van der Waals surface area contributed by atoms with Crippen molar-refractivity contribution in [3.05, 3.63) is 59.7 Å². The number of hydrogen-bond acceptors (Lipinski definition) is 5. The van der Waals surface area contributed by atoms with Crippen LogP contribution < -0.4 is 14.8 Å². The number of hydrogen-bond donors (Lipinski definition) is 2. The van der Waals surface area contributed by atoms with Crippen molar-refractivity contribution in [2.24, 2.45) is 0 Å². The van der Waals surface area contributed by atoms with Gasteiger partial charge in [0.1, 0.15) is 12.3 Å². The van der Waals surface area contributed by atoms with Crippen LogP contribution >= 0.6 is 0 Å². The Morgan fingerprint density at radius 3 is 2.32 bits per heavy atom. The lowest BCUT2D eigenvalue weighted by Gasteiger charge is -2.09. The first-order chi connectivity index (χ1) is 11.8. The van der Waals surface area contributed by atoms with Crippen molar-refractivity contribution < 1.29 is 22.7 Å². The number of aryl methyl sites for hydroxylation is 2. The third-order valence-electron chi connectivity index (χ3n) is 3.17. The summed E-state index contributed by atoms with van der Waals surface area (Å²) in [5.41, 5.74) is 1.81. The van der Waals surface area contributed by atoms with Gasteiger partial charge in [-0.1, -0.05) is 29.8 Å². The first-order valence-corrected chi connectivity index (χ1v) is 8.89. The fourth-order valence-electron chi connectivity index (χ4n) is 1.93. The van der Waals surface area contributed by atoms with Gasteiger partial charge in [0.25, 0.3) is 10.0 Å². The number of rotatable bonds is 5. The Hall–Kier alpha value is -2.87. The van der Waals surface area contributed by atoms with Crippen LogP contribution in [0.15, 0.2) is 53.4 Å². The summed E-state index contributed by atoms with van der Waals surface area (Å²) in [6.07, 6.45) is 0. The van der Waals surface area contributed by atoms with Crippen molar-refractivity contribution in [1.82, 2.24) is 10.0 Å². The quantitative estimate of drug-likeness (QED) is 0.625. The molecule has 0 aliphatic carbocycles. The molecule has 0 atom stereocenters. The van der Waals surface area contributed by atoms with E-state index in [1.165, 1.54) is 12.1 Å². The van der Waals surface area contributed by atoms with Gasteiger partial charge >= 0.3 is 12.0 Å². The molecule has 0 aromatic heterocycles. The maximum absolute atomic E-state index is 12.0. The predicted octanol–water partition coefficient (Wildman–Crippen LogP) is 1.90. The van der Waals surface area contributed by atoms with E-state index in [0.717, 1.165) is 11.1 Å². The Morgan fingerprint density at radius 1 is 1.00 bits per heavy atom. The second-order valence-corrected chi connectivity index (χ2v) is 7.07. The molecule has 2 amide bonds. The van der Waals surface area contributed by atoms with Gasteiger partial charge in [-0.2, -0.15) is 0 Å². The van der Waals surface area contributed by atoms with Crippen molar-refractivity contribution in [2.45, 2.75) is 18.7 Å². The normalized spacial score (nSPS) is 10.8. The van der Waals surface area contributed by atoms with Gasteiger partial charge in [0.05, 0.1) is 4.90 Å². The van der Waals surface area contributed by atoms with E-state index in [0.29, 0.717) is 5.75 Å². The molecule has 0 unspecified atom stereocenters. The van der Waals surface area contributed by atoms with Gasteiger partial charge in [0.2, 0.25) is 0 Å². The number of sulfonamides is 1. The number of esters is 1. The third kappa shape index (κ3) is 5.61. The molecule has 2 N–H and O–H groups in total. The highest BCUT2D eigenvalue weighted by molar-refractivity contribution is 7.90. The van der Waals surface area contributed by atoms with Crippen LogP contribution in [0.5, 0.6) is 5.75 Å². The maximum atomic E-state index is 12.0. The van der Waals surface area contributed by atoms with E-state index in [1.54, 1.807) is 30.3 Å². The van der Waals surface area contributed by atoms with E-state index in [-0.39, 0.29) is 4.90 Å². The van der Waals surface area contributed by atoms with Gasteiger partial charge in [-0.25, -0.2) is 22.7 Å². The molecule has 0 saturated carbocycles. The minimum atomic E-state index is -4.00. The Morgan fingerprint density at radius 2 is 1.68 bits per heavy atom. The lowest BCUT2D eigenvalue weighted by atomic mass is 10.2. The summed E-state index contributed by atoms with van der Waals surface area (Å²) in [5, 5.41) is 2.15. The summed E-state index contributed by atoms with van der Waals surface area (Å²) in [6, 6.07) is 11.8. The first-order valence-electron chi connectivity index (χ1n) is 7.41. The summed E-state index contributed by atoms with van der Waals surface area (Å²) in [4.78, 5) is 23.3. The molecule has 0 aliphatic heterocycles. The van der Waals surface area contributed by atoms with Gasteiger partial charge in [0, 0.05) is 0 Å². The average Bonchev–Trinajstić information content (AvgIpc) is 2.53. The molecule has 0 aliphatic rings. The topological polar surface area (TPSA) is 102 Å². The number of carbonyl (C=O) groups excluding carboxylic acids is 2. The van der Waals surface area contributed by atoms with Gasteiger partial charge in [-0.3, -0.25) is 0 Å². The van der Waals surface area contributed by atoms with E-state index in [4.69, 9.17) is 4.74 Å². The van der Waals surface area contributed by atoms with Crippen molar-refractivity contribution in [1.29, 1.82) is 0 Å². The van der Waals surface area contributed by atoms with Crippen LogP contribution in [0.3, 0.4) is 0 Å². The van der Waals surface area contributed by atoms with E-state index in [1.807, 2.05) is 24.6 Å². The molecule has 2 rings (SSSR count). The largest absolute Gasteiger partial charge is 0.425 e. The fraction of sp³-hybridized carbons (Fsp3) is 0.176. The highest BCUT2D eigenvalue weighted by Crippen LogP contribution is 2.12. The Kier molecular flexibility index (Phi) is 5.76. The van der Waals surface area contributed by atoms with Crippen LogP contribution in [-0.2, 0) is 14.8 Å². The van der Waals surface area contributed by atoms with Gasteiger partial charge in [0.15, 0.2) is 0 Å². The first kappa shape index (κ1) is 18.5. The maximum Gasteiger partial charge on any atom is 0.330 e. The number of ether oxygens (including phenoxy) is 1. The monoisotopic (exact) mass is 362 g/mol. The lowest BCUT2D eigenvalue weighted by Crippen LogP contribution is -2.42. The minimum absolute atomic E-state index is 0.0458. The Bertz CT molecular complexity index is 876. The van der Waals surface area contributed by atoms with E-state index in [9.17, 15) is 18.0 Å². The van der Waals surface area contributed by atoms with E-state index in [2.05, 4.69) is 5.32 Å². The Labute approximate surface area is 146 Å². The standard InChI is InChI=1S/C17H18N2O5S/c1-12-6-8-15(9-7-12)25(22,23)19-17(21)18-11-16(20)24-14-5-3-4-13(2)10-14/h3-10H,11H2,1-2H3,(H2,18,19,21). The number of amides is 2. The van der Waals surface area contributed by atoms with Crippen LogP contribution in [0.25, 0.3) is 0 Å². The van der Waals surface area contributed by atoms with Crippen LogP contribution in [0.1, 0.15) is 11.1 Å². The second kappa shape index (κ2) is 7.80. The molecular formula is C17H18N2O5S. The zero-order chi connectivity index (χ0) is 18.4. The molecule has 0 saturated heterocycles. The third-order valence-corrected chi connectivity index (χ3v) is 4.52. The summed E-state index contributed by atoms with van der Waals surface area (Å²) in [7, 11) is -4.00. The van der Waals surface area contributed by atoms with Crippen LogP contribution in [0.4, 0.5) is 4.79 Å². The molecule has 132 valence electrons. The summed E-state index contributed by atoms with van der Waals surface area (Å²) in [6.45, 7) is 3.19. The minimum Gasteiger partial charge on any atom is -0.425 e. The zero-order valence-electron chi connectivity index (χ0n) is 13.8. The van der Waals surface area contributed by atoms with Crippen LogP contribution in [-0.4, -0.2) is 27.0 Å². The van der Waals surface area contributed by atoms with Crippen molar-refractivity contribution in [3.63, 3.8) is 0 Å². The number of urea groups is 1. The van der Waals surface area contributed by atoms with Crippen molar-refractivity contribution in [2.75, 3.05) is 6.54 Å². The molecule has 2 aromatic carbocycles. The fourth-order valence-corrected chi connectivity index (χ4v) is 2.86. The van der Waals surface area contributed by atoms with Gasteiger partial charge in [-0.15, -0.1) is 0 Å². The van der Waals surface area contributed by atoms with Crippen LogP contribution in [0.2, 0.25) is 0 Å². The van der Waals surface area contributed by atoms with E-state index < -0.39 is 28.6 Å². The number of benzene rings is 2. The smallest absolute Gasteiger partial charge is 0.330 e. The molecule has 2 aromatic rings. The lowest BCUT2D eigenvalue weighted by molar-refractivity contribution is -0.133. The van der Waals surface area contributed by atoms with Gasteiger partial charge in [-0.05, 0) is 43.7 Å². The van der Waals surface area contributed by atoms with Crippen molar-refractivity contribution >= 4 is 22.0 Å². The molecule has 0 spiro atoms. The number of nitrogens with one attached hydrogen (secondary N) is 2. The molecule has 0 radical (unpaired) electrons. The average molecular weight is 362 g/mol. The SMILES string of the molecule is Cc1ccc(S(=O)(=O)NC(=O)NCC(=O)Oc2cccc(C)c2)cc1. The number of carbonyl (C=O) groups is 2. The summed E-state index contributed by atoms with van der Waals surface area (Å²) >= 11 is 0. The molecule has 0 heterocycles. The highest BCUT2D eigenvalue weighted by Gasteiger charge is 2.18. The second-order valence-electron chi connectivity index (χ2n) is 5.39. The molecule has 0 bridgehead atoms.